The van der Waals surface area contributed by atoms with Crippen molar-refractivity contribution in [3.8, 4) is 0 Å². The third kappa shape index (κ3) is 5.05. The fourth-order valence-electron chi connectivity index (χ4n) is 3.42. The van der Waals surface area contributed by atoms with Crippen molar-refractivity contribution in [2.24, 2.45) is 0 Å². The van der Waals surface area contributed by atoms with Crippen molar-refractivity contribution in [2.75, 3.05) is 16.0 Å². The van der Waals surface area contributed by atoms with Crippen molar-refractivity contribution >= 4 is 34.8 Å². The minimum absolute atomic E-state index is 0.176. The van der Waals surface area contributed by atoms with Crippen LogP contribution >= 0.6 is 0 Å². The molecule has 7 nitrogen and oxygen atoms in total. The molecule has 0 aliphatic rings. The van der Waals surface area contributed by atoms with Gasteiger partial charge in [0.2, 0.25) is 0 Å². The number of carbonyl (C=O) groups excluding carboxylic acids is 3. The predicted octanol–water partition coefficient (Wildman–Crippen LogP) is 5.65. The van der Waals surface area contributed by atoms with E-state index >= 15 is 0 Å². The Morgan fingerprint density at radius 1 is 0.676 bits per heavy atom. The average Bonchev–Trinajstić information content (AvgIpc) is 3.37. The standard InChI is InChI=1S/C27H23N3O4/c1-17-13-14-19(16-23(17)30-27(33)24-12-7-15-34-24)25(31)29-22-11-6-10-21(18(22)2)26(32)28-20-8-4-3-5-9-20/h3-16H,1-2H3,(H,28,32)(H,29,31)(H,30,33). The molecule has 1 heterocycles. The number of nitrogens with one attached hydrogen (secondary N) is 3. The summed E-state index contributed by atoms with van der Waals surface area (Å²) in [6.07, 6.45) is 1.42. The largest absolute Gasteiger partial charge is 0.459 e. The van der Waals surface area contributed by atoms with Crippen LogP contribution in [0.1, 0.15) is 42.4 Å². The molecule has 7 heteroatoms. The lowest BCUT2D eigenvalue weighted by molar-refractivity contribution is 0.0992. The minimum atomic E-state index is -0.404. The first-order valence-electron chi connectivity index (χ1n) is 10.7. The van der Waals surface area contributed by atoms with Crippen LogP contribution in [0.15, 0.2) is 89.5 Å². The summed E-state index contributed by atoms with van der Waals surface area (Å²) in [7, 11) is 0. The number of anilines is 3. The quantitative estimate of drug-likeness (QED) is 0.351. The molecule has 0 unspecified atom stereocenters. The van der Waals surface area contributed by atoms with Crippen molar-refractivity contribution in [3.05, 3.63) is 113 Å². The Labute approximate surface area is 196 Å². The summed E-state index contributed by atoms with van der Waals surface area (Å²) in [5, 5.41) is 8.48. The summed E-state index contributed by atoms with van der Waals surface area (Å²) in [4.78, 5) is 38.1. The molecule has 0 aliphatic heterocycles. The highest BCUT2D eigenvalue weighted by molar-refractivity contribution is 6.09. The van der Waals surface area contributed by atoms with Gasteiger partial charge in [-0.05, 0) is 73.5 Å². The molecular weight excluding hydrogens is 430 g/mol. The fraction of sp³-hybridized carbons (Fsp3) is 0.0741. The van der Waals surface area contributed by atoms with E-state index in [0.29, 0.717) is 33.8 Å². The number of amides is 3. The van der Waals surface area contributed by atoms with Crippen LogP contribution in [0.2, 0.25) is 0 Å². The molecule has 1 aromatic heterocycles. The van der Waals surface area contributed by atoms with Crippen molar-refractivity contribution in [2.45, 2.75) is 13.8 Å². The number of furan rings is 1. The molecule has 0 atom stereocenters. The summed E-state index contributed by atoms with van der Waals surface area (Å²) >= 11 is 0. The van der Waals surface area contributed by atoms with Gasteiger partial charge in [-0.1, -0.05) is 30.3 Å². The van der Waals surface area contributed by atoms with Gasteiger partial charge in [0.1, 0.15) is 0 Å². The van der Waals surface area contributed by atoms with E-state index in [-0.39, 0.29) is 17.6 Å². The van der Waals surface area contributed by atoms with Crippen LogP contribution < -0.4 is 16.0 Å². The lowest BCUT2D eigenvalue weighted by Gasteiger charge is -2.14. The van der Waals surface area contributed by atoms with Gasteiger partial charge in [-0.3, -0.25) is 14.4 Å². The van der Waals surface area contributed by atoms with E-state index in [1.54, 1.807) is 67.6 Å². The summed E-state index contributed by atoms with van der Waals surface area (Å²) in [6, 6.07) is 22.5. The Kier molecular flexibility index (Phi) is 6.54. The zero-order valence-electron chi connectivity index (χ0n) is 18.7. The number of hydrogen-bond acceptors (Lipinski definition) is 4. The highest BCUT2D eigenvalue weighted by Gasteiger charge is 2.16. The molecular formula is C27H23N3O4. The van der Waals surface area contributed by atoms with Gasteiger partial charge in [-0.2, -0.15) is 0 Å². The molecule has 0 aliphatic carbocycles. The second-order valence-electron chi connectivity index (χ2n) is 7.71. The lowest BCUT2D eigenvalue weighted by Crippen LogP contribution is -2.17. The Bertz CT molecular complexity index is 1350. The van der Waals surface area contributed by atoms with E-state index < -0.39 is 5.91 Å². The number of aryl methyl sites for hydroxylation is 1. The number of carbonyl (C=O) groups is 3. The van der Waals surface area contributed by atoms with E-state index in [0.717, 1.165) is 5.56 Å². The van der Waals surface area contributed by atoms with Crippen LogP contribution in [0.25, 0.3) is 0 Å². The minimum Gasteiger partial charge on any atom is -0.459 e. The van der Waals surface area contributed by atoms with Gasteiger partial charge in [0.05, 0.1) is 6.26 Å². The van der Waals surface area contributed by atoms with Crippen LogP contribution in [0.5, 0.6) is 0 Å². The molecule has 0 spiro atoms. The molecule has 4 rings (SSSR count). The van der Waals surface area contributed by atoms with Gasteiger partial charge in [0.25, 0.3) is 17.7 Å². The third-order valence-electron chi connectivity index (χ3n) is 5.35. The van der Waals surface area contributed by atoms with Gasteiger partial charge in [-0.15, -0.1) is 0 Å². The van der Waals surface area contributed by atoms with Crippen molar-refractivity contribution in [1.82, 2.24) is 0 Å². The van der Waals surface area contributed by atoms with Crippen LogP contribution in [0, 0.1) is 13.8 Å². The van der Waals surface area contributed by atoms with Gasteiger partial charge < -0.3 is 20.4 Å². The van der Waals surface area contributed by atoms with E-state index in [9.17, 15) is 14.4 Å². The number of rotatable bonds is 6. The molecule has 3 N–H and O–H groups in total. The molecule has 0 radical (unpaired) electrons. The first kappa shape index (κ1) is 22.5. The van der Waals surface area contributed by atoms with Crippen LogP contribution in [0.3, 0.4) is 0 Å². The van der Waals surface area contributed by atoms with E-state index in [2.05, 4.69) is 16.0 Å². The van der Waals surface area contributed by atoms with Gasteiger partial charge in [-0.25, -0.2) is 0 Å². The first-order valence-corrected chi connectivity index (χ1v) is 10.7. The molecule has 170 valence electrons. The summed E-state index contributed by atoms with van der Waals surface area (Å²) in [6.45, 7) is 3.61. The lowest BCUT2D eigenvalue weighted by atomic mass is 10.0. The second-order valence-corrected chi connectivity index (χ2v) is 7.71. The second kappa shape index (κ2) is 9.87. The number of para-hydroxylation sites is 1. The van der Waals surface area contributed by atoms with E-state index in [1.807, 2.05) is 25.1 Å². The van der Waals surface area contributed by atoms with Gasteiger partial charge in [0.15, 0.2) is 5.76 Å². The SMILES string of the molecule is Cc1ccc(C(=O)Nc2cccc(C(=O)Nc3ccccc3)c2C)cc1NC(=O)c1ccco1. The van der Waals surface area contributed by atoms with E-state index in [1.165, 1.54) is 6.26 Å². The normalized spacial score (nSPS) is 10.4. The van der Waals surface area contributed by atoms with Gasteiger partial charge in [0, 0.05) is 28.2 Å². The molecule has 3 amide bonds. The Morgan fingerprint density at radius 3 is 2.18 bits per heavy atom. The predicted molar refractivity (Wildman–Crippen MR) is 131 cm³/mol. The molecule has 0 saturated carbocycles. The summed E-state index contributed by atoms with van der Waals surface area (Å²) in [5.41, 5.74) is 3.96. The number of hydrogen-bond donors (Lipinski definition) is 3. The smallest absolute Gasteiger partial charge is 0.291 e. The van der Waals surface area contributed by atoms with Gasteiger partial charge >= 0.3 is 0 Å². The maximum absolute atomic E-state index is 13.0. The zero-order chi connectivity index (χ0) is 24.1. The fourth-order valence-corrected chi connectivity index (χ4v) is 3.42. The van der Waals surface area contributed by atoms with Crippen molar-refractivity contribution in [1.29, 1.82) is 0 Å². The topological polar surface area (TPSA) is 100 Å². The first-order chi connectivity index (χ1) is 16.4. The van der Waals surface area contributed by atoms with Crippen LogP contribution in [0.4, 0.5) is 17.1 Å². The molecule has 34 heavy (non-hydrogen) atoms. The molecule has 0 saturated heterocycles. The molecule has 0 bridgehead atoms. The summed E-state index contributed by atoms with van der Waals surface area (Å²) in [5.74, 6) is -0.857. The zero-order valence-corrected chi connectivity index (χ0v) is 18.7. The maximum Gasteiger partial charge on any atom is 0.291 e. The Balaban J connectivity index is 1.51. The highest BCUT2D eigenvalue weighted by atomic mass is 16.3. The van der Waals surface area contributed by atoms with E-state index in [4.69, 9.17) is 4.42 Å². The summed E-state index contributed by atoms with van der Waals surface area (Å²) < 4.78 is 5.12. The molecule has 4 aromatic rings. The molecule has 3 aromatic carbocycles. The Morgan fingerprint density at radius 2 is 1.44 bits per heavy atom. The third-order valence-corrected chi connectivity index (χ3v) is 5.35. The molecule has 0 fully saturated rings. The Hall–Kier alpha value is -4.65. The van der Waals surface area contributed by atoms with Crippen molar-refractivity contribution < 1.29 is 18.8 Å². The monoisotopic (exact) mass is 453 g/mol. The van der Waals surface area contributed by atoms with Crippen molar-refractivity contribution in [3.63, 3.8) is 0 Å². The van der Waals surface area contributed by atoms with Crippen LogP contribution in [-0.4, -0.2) is 17.7 Å². The average molecular weight is 453 g/mol. The highest BCUT2D eigenvalue weighted by Crippen LogP contribution is 2.23. The van der Waals surface area contributed by atoms with Crippen LogP contribution in [-0.2, 0) is 0 Å². The maximum atomic E-state index is 13.0. The number of benzene rings is 3.